The second kappa shape index (κ2) is 3.29. The van der Waals surface area contributed by atoms with Crippen LogP contribution in [0.25, 0.3) is 11.5 Å². The SMILES string of the molecule is O=Cc1ccccc1-c1n[nH]c(=O)o1. The van der Waals surface area contributed by atoms with Gasteiger partial charge in [-0.2, -0.15) is 0 Å². The molecule has 0 radical (unpaired) electrons. The third-order valence-corrected chi connectivity index (χ3v) is 1.76. The van der Waals surface area contributed by atoms with Gasteiger partial charge in [0.05, 0.1) is 0 Å². The molecule has 5 heteroatoms. The minimum atomic E-state index is -0.638. The Morgan fingerprint density at radius 3 is 2.79 bits per heavy atom. The number of aromatic nitrogens is 2. The molecule has 0 amide bonds. The number of carbonyl (C=O) groups excluding carboxylic acids is 1. The molecule has 1 N–H and O–H groups in total. The third-order valence-electron chi connectivity index (χ3n) is 1.76. The van der Waals surface area contributed by atoms with Crippen LogP contribution in [-0.4, -0.2) is 16.5 Å². The Morgan fingerprint density at radius 2 is 2.14 bits per heavy atom. The summed E-state index contributed by atoms with van der Waals surface area (Å²) in [4.78, 5) is 21.3. The van der Waals surface area contributed by atoms with Gasteiger partial charge in [0, 0.05) is 11.1 Å². The molecule has 0 atom stereocenters. The summed E-state index contributed by atoms with van der Waals surface area (Å²) >= 11 is 0. The van der Waals surface area contributed by atoms with E-state index in [1.165, 1.54) is 0 Å². The molecule has 0 saturated heterocycles. The van der Waals surface area contributed by atoms with Crippen molar-refractivity contribution in [1.82, 2.24) is 10.2 Å². The summed E-state index contributed by atoms with van der Waals surface area (Å²) in [6, 6.07) is 6.73. The molecule has 0 bridgehead atoms. The number of aldehydes is 1. The predicted molar refractivity (Wildman–Crippen MR) is 47.9 cm³/mol. The van der Waals surface area contributed by atoms with E-state index in [0.29, 0.717) is 17.4 Å². The van der Waals surface area contributed by atoms with Crippen LogP contribution >= 0.6 is 0 Å². The van der Waals surface area contributed by atoms with E-state index >= 15 is 0 Å². The minimum Gasteiger partial charge on any atom is -0.388 e. The lowest BCUT2D eigenvalue weighted by Gasteiger charge is -1.96. The van der Waals surface area contributed by atoms with Gasteiger partial charge >= 0.3 is 5.76 Å². The van der Waals surface area contributed by atoms with E-state index in [2.05, 4.69) is 10.2 Å². The zero-order valence-corrected chi connectivity index (χ0v) is 7.06. The lowest BCUT2D eigenvalue weighted by Crippen LogP contribution is -1.93. The van der Waals surface area contributed by atoms with Crippen LogP contribution in [-0.2, 0) is 0 Å². The first-order valence-corrected chi connectivity index (χ1v) is 3.91. The van der Waals surface area contributed by atoms with Gasteiger partial charge in [-0.15, -0.1) is 5.10 Å². The van der Waals surface area contributed by atoms with Crippen LogP contribution in [0.4, 0.5) is 0 Å². The number of carbonyl (C=O) groups is 1. The Labute approximate surface area is 78.4 Å². The number of hydrogen-bond donors (Lipinski definition) is 1. The van der Waals surface area contributed by atoms with Crippen molar-refractivity contribution in [3.8, 4) is 11.5 Å². The lowest BCUT2D eigenvalue weighted by atomic mass is 10.1. The molecule has 14 heavy (non-hydrogen) atoms. The number of H-pyrrole nitrogens is 1. The monoisotopic (exact) mass is 190 g/mol. The molecule has 0 aliphatic heterocycles. The number of benzene rings is 1. The van der Waals surface area contributed by atoms with Crippen LogP contribution in [0.15, 0.2) is 33.5 Å². The Hall–Kier alpha value is -2.17. The summed E-state index contributed by atoms with van der Waals surface area (Å²) in [5, 5.41) is 5.76. The van der Waals surface area contributed by atoms with Crippen LogP contribution in [0.2, 0.25) is 0 Å². The van der Waals surface area contributed by atoms with Crippen molar-refractivity contribution in [3.05, 3.63) is 40.4 Å². The Bertz CT molecular complexity index is 513. The normalized spacial score (nSPS) is 10.0. The predicted octanol–water partition coefficient (Wildman–Crippen LogP) is 0.842. The van der Waals surface area contributed by atoms with E-state index < -0.39 is 5.76 Å². The molecule has 0 saturated carbocycles. The van der Waals surface area contributed by atoms with Crippen LogP contribution in [0.3, 0.4) is 0 Å². The molecule has 0 aliphatic rings. The summed E-state index contributed by atoms with van der Waals surface area (Å²) in [7, 11) is 0. The molecule has 2 rings (SSSR count). The van der Waals surface area contributed by atoms with Crippen molar-refractivity contribution in [1.29, 1.82) is 0 Å². The van der Waals surface area contributed by atoms with Crippen LogP contribution in [0.1, 0.15) is 10.4 Å². The van der Waals surface area contributed by atoms with E-state index in [9.17, 15) is 9.59 Å². The molecular weight excluding hydrogens is 184 g/mol. The fourth-order valence-electron chi connectivity index (χ4n) is 1.14. The fourth-order valence-corrected chi connectivity index (χ4v) is 1.14. The highest BCUT2D eigenvalue weighted by atomic mass is 16.4. The molecule has 1 heterocycles. The molecule has 5 nitrogen and oxygen atoms in total. The molecule has 2 aromatic rings. The lowest BCUT2D eigenvalue weighted by molar-refractivity contribution is 0.112. The summed E-state index contributed by atoms with van der Waals surface area (Å²) in [5.41, 5.74) is 0.934. The molecule has 70 valence electrons. The van der Waals surface area contributed by atoms with Crippen molar-refractivity contribution in [2.24, 2.45) is 0 Å². The maximum atomic E-state index is 10.7. The molecule has 1 aromatic heterocycles. The third kappa shape index (κ3) is 1.35. The van der Waals surface area contributed by atoms with Gasteiger partial charge in [-0.25, -0.2) is 9.89 Å². The van der Waals surface area contributed by atoms with E-state index in [1.54, 1.807) is 24.3 Å². The average molecular weight is 190 g/mol. The van der Waals surface area contributed by atoms with Gasteiger partial charge in [-0.05, 0) is 6.07 Å². The standard InChI is InChI=1S/C9H6N2O3/c12-5-6-3-1-2-4-7(6)8-10-11-9(13)14-8/h1-5H,(H,11,13). The second-order valence-electron chi connectivity index (χ2n) is 2.62. The average Bonchev–Trinajstić information content (AvgIpc) is 2.65. The molecule has 0 unspecified atom stereocenters. The van der Waals surface area contributed by atoms with E-state index in [1.807, 2.05) is 0 Å². The zero-order chi connectivity index (χ0) is 9.97. The number of rotatable bonds is 2. The van der Waals surface area contributed by atoms with Gasteiger partial charge < -0.3 is 4.42 Å². The Morgan fingerprint density at radius 1 is 1.36 bits per heavy atom. The van der Waals surface area contributed by atoms with Gasteiger partial charge in [0.2, 0.25) is 5.89 Å². The molecule has 0 fully saturated rings. The van der Waals surface area contributed by atoms with Crippen molar-refractivity contribution in [3.63, 3.8) is 0 Å². The first-order chi connectivity index (χ1) is 6.81. The summed E-state index contributed by atoms with van der Waals surface area (Å²) < 4.78 is 4.73. The number of nitrogens with zero attached hydrogens (tertiary/aromatic N) is 1. The Kier molecular flexibility index (Phi) is 1.98. The summed E-state index contributed by atoms with van der Waals surface area (Å²) in [6.07, 6.45) is 0.685. The summed E-state index contributed by atoms with van der Waals surface area (Å²) in [6.45, 7) is 0. The molecular formula is C9H6N2O3. The minimum absolute atomic E-state index is 0.123. The maximum Gasteiger partial charge on any atom is 0.434 e. The first kappa shape index (κ1) is 8.43. The van der Waals surface area contributed by atoms with Crippen molar-refractivity contribution in [2.75, 3.05) is 0 Å². The molecule has 1 aromatic carbocycles. The van der Waals surface area contributed by atoms with Crippen LogP contribution < -0.4 is 5.76 Å². The zero-order valence-electron chi connectivity index (χ0n) is 7.06. The van der Waals surface area contributed by atoms with Gasteiger partial charge in [0.15, 0.2) is 6.29 Å². The van der Waals surface area contributed by atoms with Gasteiger partial charge in [-0.1, -0.05) is 18.2 Å². The fraction of sp³-hybridized carbons (Fsp3) is 0. The van der Waals surface area contributed by atoms with E-state index in [-0.39, 0.29) is 5.89 Å². The number of hydrogen-bond acceptors (Lipinski definition) is 4. The van der Waals surface area contributed by atoms with Crippen molar-refractivity contribution in [2.45, 2.75) is 0 Å². The van der Waals surface area contributed by atoms with Crippen LogP contribution in [0, 0.1) is 0 Å². The van der Waals surface area contributed by atoms with Gasteiger partial charge in [0.1, 0.15) is 0 Å². The topological polar surface area (TPSA) is 76.0 Å². The molecule has 0 aliphatic carbocycles. The highest BCUT2D eigenvalue weighted by molar-refractivity contribution is 5.85. The van der Waals surface area contributed by atoms with E-state index in [0.717, 1.165) is 0 Å². The summed E-state index contributed by atoms with van der Waals surface area (Å²) in [5.74, 6) is -0.515. The number of aromatic amines is 1. The quantitative estimate of drug-likeness (QED) is 0.712. The largest absolute Gasteiger partial charge is 0.434 e. The highest BCUT2D eigenvalue weighted by Crippen LogP contribution is 2.18. The van der Waals surface area contributed by atoms with Crippen molar-refractivity contribution >= 4 is 6.29 Å². The Balaban J connectivity index is 2.61. The van der Waals surface area contributed by atoms with Gasteiger partial charge in [0.25, 0.3) is 0 Å². The molecule has 0 spiro atoms. The maximum absolute atomic E-state index is 10.7. The smallest absolute Gasteiger partial charge is 0.388 e. The second-order valence-corrected chi connectivity index (χ2v) is 2.62. The number of nitrogens with one attached hydrogen (secondary N) is 1. The van der Waals surface area contributed by atoms with Crippen molar-refractivity contribution < 1.29 is 9.21 Å². The van der Waals surface area contributed by atoms with E-state index in [4.69, 9.17) is 4.42 Å². The van der Waals surface area contributed by atoms with Crippen LogP contribution in [0.5, 0.6) is 0 Å². The highest BCUT2D eigenvalue weighted by Gasteiger charge is 2.08. The first-order valence-electron chi connectivity index (χ1n) is 3.91. The van der Waals surface area contributed by atoms with Gasteiger partial charge in [-0.3, -0.25) is 4.79 Å².